The summed E-state index contributed by atoms with van der Waals surface area (Å²) in [6.07, 6.45) is -5.62. The Kier molecular flexibility index (Phi) is 12.2. The maximum absolute atomic E-state index is 15.8. The van der Waals surface area contributed by atoms with Crippen LogP contribution in [-0.2, 0) is 42.9 Å². The average molecular weight is 892 g/mol. The molecule has 3 aromatic carbocycles. The van der Waals surface area contributed by atoms with Crippen molar-refractivity contribution in [3.63, 3.8) is 0 Å². The molecule has 4 fully saturated rings. The first kappa shape index (κ1) is 45.9. The van der Waals surface area contributed by atoms with Crippen molar-refractivity contribution >= 4 is 35.6 Å². The molecule has 11 atom stereocenters. The van der Waals surface area contributed by atoms with Crippen LogP contribution in [0.4, 0.5) is 0 Å². The smallest absolute Gasteiger partial charge is 0.338 e. The molecule has 5 aliphatic rings. The van der Waals surface area contributed by atoms with Crippen LogP contribution >= 0.6 is 0 Å². The highest BCUT2D eigenvalue weighted by Gasteiger charge is 2.78. The van der Waals surface area contributed by atoms with Crippen molar-refractivity contribution in [2.45, 2.75) is 121 Å². The summed E-state index contributed by atoms with van der Waals surface area (Å²) >= 11 is 0. The number of rotatable bonds is 11. The Morgan fingerprint density at radius 1 is 0.846 bits per heavy atom. The minimum absolute atomic E-state index is 0.121. The highest BCUT2D eigenvalue weighted by atomic mass is 16.6. The van der Waals surface area contributed by atoms with Gasteiger partial charge in [-0.15, -0.1) is 0 Å². The Morgan fingerprint density at radius 3 is 2.00 bits per heavy atom. The van der Waals surface area contributed by atoms with Gasteiger partial charge in [-0.05, 0) is 73.1 Å². The maximum atomic E-state index is 15.8. The Labute approximate surface area is 378 Å². The van der Waals surface area contributed by atoms with Crippen molar-refractivity contribution in [3.8, 4) is 0 Å². The molecule has 65 heavy (non-hydrogen) atoms. The topological polar surface area (TPSA) is 201 Å². The lowest BCUT2D eigenvalue weighted by molar-refractivity contribution is -0.342. The van der Waals surface area contributed by atoms with Gasteiger partial charge in [0.2, 0.25) is 0 Å². The Morgan fingerprint density at radius 2 is 1.45 bits per heavy atom. The van der Waals surface area contributed by atoms with Crippen molar-refractivity contribution in [1.82, 2.24) is 5.32 Å². The van der Waals surface area contributed by atoms with E-state index in [-0.39, 0.29) is 35.3 Å². The van der Waals surface area contributed by atoms with E-state index in [1.54, 1.807) is 119 Å². The molecule has 0 spiro atoms. The molecule has 8 rings (SSSR count). The van der Waals surface area contributed by atoms with E-state index in [2.05, 4.69) is 5.32 Å². The van der Waals surface area contributed by atoms with Crippen LogP contribution in [0.5, 0.6) is 0 Å². The van der Waals surface area contributed by atoms with Crippen molar-refractivity contribution in [2.75, 3.05) is 6.61 Å². The van der Waals surface area contributed by atoms with Gasteiger partial charge in [-0.2, -0.15) is 0 Å². The number of esters is 4. The minimum Gasteiger partial charge on any atom is -0.456 e. The lowest BCUT2D eigenvalue weighted by Crippen LogP contribution is -2.81. The molecule has 14 nitrogen and oxygen atoms in total. The number of hydrogen-bond acceptors (Lipinski definition) is 13. The van der Waals surface area contributed by atoms with Gasteiger partial charge in [0, 0.05) is 29.7 Å². The lowest BCUT2D eigenvalue weighted by Gasteiger charge is -2.68. The summed E-state index contributed by atoms with van der Waals surface area (Å²) in [6, 6.07) is 23.5. The van der Waals surface area contributed by atoms with Gasteiger partial charge in [0.25, 0.3) is 5.91 Å². The number of aliphatic hydroxyl groups excluding tert-OH is 1. The van der Waals surface area contributed by atoms with Crippen LogP contribution in [0.3, 0.4) is 0 Å². The van der Waals surface area contributed by atoms with Gasteiger partial charge in [0.15, 0.2) is 23.6 Å². The third-order valence-electron chi connectivity index (χ3n) is 15.3. The molecule has 3 saturated carbocycles. The summed E-state index contributed by atoms with van der Waals surface area (Å²) in [7, 11) is 0. The standard InChI is InChI=1S/C51H57NO13/c1-28-25-36-50(27-61-36,65-46(58)34-23-16-24-34)41-43(64-45(57)33-21-14-9-15-22-33)51(60)26-35(29(2)37(48(51,4)5)40(62-30(3)53)42(55)49(28,41)6)63-47(59)39(54)38(31-17-10-7-11-18-31)52-44(56)32-19-12-8-13-20-32/h7-15,17-22,28,34-36,38-41,43,54,60H,16,23-27H2,1-6H3,(H,52,56). The third-order valence-corrected chi connectivity index (χ3v) is 15.3. The molecule has 4 aliphatic carbocycles. The van der Waals surface area contributed by atoms with E-state index in [1.807, 2.05) is 6.92 Å². The first-order valence-corrected chi connectivity index (χ1v) is 22.4. The van der Waals surface area contributed by atoms with E-state index in [9.17, 15) is 34.2 Å². The molecule has 11 unspecified atom stereocenters. The van der Waals surface area contributed by atoms with Gasteiger partial charge >= 0.3 is 23.9 Å². The summed E-state index contributed by atoms with van der Waals surface area (Å²) in [5, 5.41) is 28.6. The second-order valence-electron chi connectivity index (χ2n) is 19.2. The van der Waals surface area contributed by atoms with Crippen molar-refractivity contribution in [3.05, 3.63) is 119 Å². The molecule has 0 aromatic heterocycles. The van der Waals surface area contributed by atoms with Crippen LogP contribution < -0.4 is 5.32 Å². The molecule has 344 valence electrons. The number of benzene rings is 3. The lowest BCUT2D eigenvalue weighted by atomic mass is 9.43. The molecule has 2 bridgehead atoms. The summed E-state index contributed by atoms with van der Waals surface area (Å²) < 4.78 is 31.6. The van der Waals surface area contributed by atoms with Gasteiger partial charge in [0.05, 0.1) is 30.0 Å². The molecule has 14 heteroatoms. The number of aliphatic hydroxyl groups is 2. The Bertz CT molecular complexity index is 2380. The normalized spacial score (nSPS) is 32.3. The van der Waals surface area contributed by atoms with E-state index < -0.39 is 118 Å². The van der Waals surface area contributed by atoms with E-state index in [0.29, 0.717) is 18.4 Å². The predicted octanol–water partition coefficient (Wildman–Crippen LogP) is 5.79. The largest absolute Gasteiger partial charge is 0.456 e. The van der Waals surface area contributed by atoms with Gasteiger partial charge in [-0.3, -0.25) is 19.2 Å². The van der Waals surface area contributed by atoms with Gasteiger partial charge in [0.1, 0.15) is 23.9 Å². The van der Waals surface area contributed by atoms with Crippen LogP contribution in [0.15, 0.2) is 102 Å². The number of ether oxygens (including phenoxy) is 5. The van der Waals surface area contributed by atoms with E-state index in [0.717, 1.165) is 13.3 Å². The zero-order chi connectivity index (χ0) is 46.6. The summed E-state index contributed by atoms with van der Waals surface area (Å²) in [5.41, 5.74) is -5.86. The fourth-order valence-corrected chi connectivity index (χ4v) is 11.1. The van der Waals surface area contributed by atoms with E-state index in [4.69, 9.17) is 23.7 Å². The summed E-state index contributed by atoms with van der Waals surface area (Å²) in [5.74, 6) is -6.70. The van der Waals surface area contributed by atoms with Crippen molar-refractivity contribution in [2.24, 2.45) is 28.6 Å². The molecule has 1 heterocycles. The first-order chi connectivity index (χ1) is 30.8. The molecule has 0 radical (unpaired) electrons. The van der Waals surface area contributed by atoms with Crippen LogP contribution in [0.2, 0.25) is 0 Å². The van der Waals surface area contributed by atoms with Crippen LogP contribution in [-0.4, -0.2) is 94.1 Å². The average Bonchev–Trinajstić information content (AvgIpc) is 3.26. The molecule has 1 aliphatic heterocycles. The second-order valence-corrected chi connectivity index (χ2v) is 19.2. The van der Waals surface area contributed by atoms with Gasteiger partial charge in [-0.25, -0.2) is 9.59 Å². The van der Waals surface area contributed by atoms with Gasteiger partial charge in [-0.1, -0.05) is 101 Å². The number of Topliss-reactive ketones (excluding diaryl/α,β-unsaturated/α-hetero) is 1. The fraction of sp³-hybridized carbons (Fsp3) is 0.490. The number of carbonyl (C=O) groups excluding carboxylic acids is 6. The molecule has 1 amide bonds. The van der Waals surface area contributed by atoms with Crippen LogP contribution in [0.25, 0.3) is 0 Å². The Hall–Kier alpha value is -5.70. The second kappa shape index (κ2) is 17.3. The predicted molar refractivity (Wildman–Crippen MR) is 233 cm³/mol. The highest BCUT2D eigenvalue weighted by Crippen LogP contribution is 2.66. The SMILES string of the molecule is CC(=O)OC1C(=O)C2(C)C(C)CC3OCC3(OC(=O)C3CCC3)C2C(OC(=O)c2ccccc2)C2(O)CC(OC(=O)C(O)C(NC(=O)c3ccccc3)c3ccccc3)C(C)=C1C2(C)C. The summed E-state index contributed by atoms with van der Waals surface area (Å²) in [6.45, 7) is 9.41. The van der Waals surface area contributed by atoms with Crippen LogP contribution in [0, 0.1) is 28.6 Å². The third kappa shape index (κ3) is 7.66. The first-order valence-electron chi connectivity index (χ1n) is 22.4. The van der Waals surface area contributed by atoms with E-state index >= 15 is 4.79 Å². The molecule has 1 saturated heterocycles. The Balaban J connectivity index is 1.27. The number of amides is 1. The molecule has 3 N–H and O–H groups in total. The number of hydrogen-bond donors (Lipinski definition) is 3. The van der Waals surface area contributed by atoms with Crippen molar-refractivity contribution < 1.29 is 62.7 Å². The number of nitrogens with one attached hydrogen (secondary N) is 1. The summed E-state index contributed by atoms with van der Waals surface area (Å²) in [4.78, 5) is 85.5. The number of ketones is 1. The quantitative estimate of drug-likeness (QED) is 0.119. The number of carbonyl (C=O) groups is 6. The van der Waals surface area contributed by atoms with Crippen molar-refractivity contribution in [1.29, 1.82) is 0 Å². The minimum atomic E-state index is -2.28. The zero-order valence-corrected chi connectivity index (χ0v) is 37.5. The zero-order valence-electron chi connectivity index (χ0n) is 37.5. The fourth-order valence-electron chi connectivity index (χ4n) is 11.1. The molecular formula is C51H57NO13. The van der Waals surface area contributed by atoms with Gasteiger partial charge < -0.3 is 39.2 Å². The molecule has 3 aromatic rings. The maximum Gasteiger partial charge on any atom is 0.338 e. The highest BCUT2D eigenvalue weighted by molar-refractivity contribution is 5.96. The molecular weight excluding hydrogens is 835 g/mol. The monoisotopic (exact) mass is 891 g/mol. The van der Waals surface area contributed by atoms with Crippen LogP contribution in [0.1, 0.15) is 106 Å². The number of fused-ring (bicyclic) bond motifs is 5. The van der Waals surface area contributed by atoms with E-state index in [1.165, 1.54) is 0 Å².